The minimum atomic E-state index is 0.200. The van der Waals surface area contributed by atoms with E-state index in [4.69, 9.17) is 0 Å². The van der Waals surface area contributed by atoms with Crippen LogP contribution in [0.4, 0.5) is 0 Å². The van der Waals surface area contributed by atoms with E-state index in [0.717, 1.165) is 31.2 Å². The molecule has 2 fully saturated rings. The van der Waals surface area contributed by atoms with Crippen molar-refractivity contribution in [2.24, 2.45) is 13.0 Å². The van der Waals surface area contributed by atoms with E-state index >= 15 is 0 Å². The smallest absolute Gasteiger partial charge is 0.0739 e. The number of piperazine rings is 1. The Morgan fingerprint density at radius 2 is 2.10 bits per heavy atom. The first kappa shape index (κ1) is 14.5. The second-order valence-electron chi connectivity index (χ2n) is 7.04. The Morgan fingerprint density at radius 1 is 1.40 bits per heavy atom. The van der Waals surface area contributed by atoms with Crippen LogP contribution in [0.1, 0.15) is 38.1 Å². The van der Waals surface area contributed by atoms with Gasteiger partial charge in [-0.3, -0.25) is 9.58 Å². The predicted octanol–water partition coefficient (Wildman–Crippen LogP) is 2.45. The first-order chi connectivity index (χ1) is 9.37. The molecule has 1 unspecified atom stereocenters. The van der Waals surface area contributed by atoms with Crippen LogP contribution in [0.25, 0.3) is 0 Å². The third-order valence-corrected chi connectivity index (χ3v) is 5.67. The van der Waals surface area contributed by atoms with Crippen LogP contribution >= 0.6 is 15.9 Å². The molecule has 5 heteroatoms. The molecule has 112 valence electrons. The lowest BCUT2D eigenvalue weighted by molar-refractivity contribution is 0.0735. The molecule has 0 spiro atoms. The van der Waals surface area contributed by atoms with Gasteiger partial charge in [0.2, 0.25) is 0 Å². The van der Waals surface area contributed by atoms with Crippen LogP contribution in [-0.4, -0.2) is 39.4 Å². The number of nitrogens with zero attached hydrogens (tertiary/aromatic N) is 3. The topological polar surface area (TPSA) is 33.1 Å². The summed E-state index contributed by atoms with van der Waals surface area (Å²) in [6, 6.07) is 0.685. The van der Waals surface area contributed by atoms with Crippen molar-refractivity contribution in [3.05, 3.63) is 15.9 Å². The average molecular weight is 341 g/mol. The molecule has 1 saturated carbocycles. The van der Waals surface area contributed by atoms with Gasteiger partial charge in [0, 0.05) is 38.3 Å². The van der Waals surface area contributed by atoms with Crippen LogP contribution in [-0.2, 0) is 13.6 Å². The summed E-state index contributed by atoms with van der Waals surface area (Å²) in [5.74, 6) is 0.895. The molecule has 0 bridgehead atoms. The number of rotatable bonds is 3. The minimum absolute atomic E-state index is 0.200. The number of hydrogen-bond donors (Lipinski definition) is 1. The lowest BCUT2D eigenvalue weighted by Gasteiger charge is -2.45. The van der Waals surface area contributed by atoms with Gasteiger partial charge in [-0.2, -0.15) is 5.10 Å². The van der Waals surface area contributed by atoms with Gasteiger partial charge in [0.05, 0.1) is 15.9 Å². The second-order valence-corrected chi connectivity index (χ2v) is 7.84. The zero-order valence-corrected chi connectivity index (χ0v) is 14.5. The third-order valence-electron chi connectivity index (χ3n) is 4.64. The van der Waals surface area contributed by atoms with E-state index in [0.29, 0.717) is 6.04 Å². The molecule has 0 radical (unpaired) electrons. The fraction of sp³-hybridized carbons (Fsp3) is 0.800. The molecular weight excluding hydrogens is 316 g/mol. The fourth-order valence-electron chi connectivity index (χ4n) is 3.35. The van der Waals surface area contributed by atoms with E-state index in [1.165, 1.54) is 23.0 Å². The first-order valence-electron chi connectivity index (χ1n) is 7.54. The Bertz CT molecular complexity index is 504. The van der Waals surface area contributed by atoms with Gasteiger partial charge in [-0.25, -0.2) is 0 Å². The van der Waals surface area contributed by atoms with E-state index in [1.54, 1.807) is 0 Å². The van der Waals surface area contributed by atoms with Crippen molar-refractivity contribution in [2.75, 3.05) is 13.1 Å². The molecule has 0 aromatic carbocycles. The van der Waals surface area contributed by atoms with E-state index in [2.05, 4.69) is 52.0 Å². The monoisotopic (exact) mass is 340 g/mol. The van der Waals surface area contributed by atoms with Gasteiger partial charge in [0.25, 0.3) is 0 Å². The Kier molecular flexibility index (Phi) is 3.72. The number of aryl methyl sites for hydroxylation is 2. The maximum absolute atomic E-state index is 4.53. The summed E-state index contributed by atoms with van der Waals surface area (Å²) in [6.45, 7) is 9.87. The van der Waals surface area contributed by atoms with Gasteiger partial charge >= 0.3 is 0 Å². The summed E-state index contributed by atoms with van der Waals surface area (Å²) in [5.41, 5.74) is 2.58. The molecule has 1 aromatic rings. The van der Waals surface area contributed by atoms with E-state index in [-0.39, 0.29) is 5.54 Å². The molecule has 0 amide bonds. The van der Waals surface area contributed by atoms with Gasteiger partial charge in [0.15, 0.2) is 0 Å². The summed E-state index contributed by atoms with van der Waals surface area (Å²) in [7, 11) is 2.05. The summed E-state index contributed by atoms with van der Waals surface area (Å²) in [5, 5.41) is 8.23. The maximum atomic E-state index is 4.53. The van der Waals surface area contributed by atoms with Gasteiger partial charge in [-0.1, -0.05) is 0 Å². The zero-order chi connectivity index (χ0) is 14.5. The van der Waals surface area contributed by atoms with Crippen LogP contribution in [0.15, 0.2) is 4.47 Å². The maximum Gasteiger partial charge on any atom is 0.0739 e. The molecule has 1 aliphatic carbocycles. The molecule has 1 saturated heterocycles. The Hall–Kier alpha value is -0.390. The van der Waals surface area contributed by atoms with Gasteiger partial charge in [-0.05, 0) is 55.5 Å². The lowest BCUT2D eigenvalue weighted by Crippen LogP contribution is -2.61. The first-order valence-corrected chi connectivity index (χ1v) is 8.34. The molecule has 1 N–H and O–H groups in total. The number of hydrogen-bond acceptors (Lipinski definition) is 3. The van der Waals surface area contributed by atoms with Crippen LogP contribution in [0.2, 0.25) is 0 Å². The standard InChI is InChI=1S/C15H25BrN4/c1-10-14(16)13(19(4)18-10)8-20-9-15(2,3)17-7-12(20)11-5-6-11/h11-12,17H,5-9H2,1-4H3. The SMILES string of the molecule is Cc1nn(C)c(CN2CC(C)(C)NCC2C2CC2)c1Br. The fourth-order valence-corrected chi connectivity index (χ4v) is 3.82. The van der Waals surface area contributed by atoms with Crippen molar-refractivity contribution in [3.8, 4) is 0 Å². The Balaban J connectivity index is 1.81. The Labute approximate surface area is 130 Å². The Morgan fingerprint density at radius 3 is 2.65 bits per heavy atom. The van der Waals surface area contributed by atoms with Crippen LogP contribution in [0.5, 0.6) is 0 Å². The van der Waals surface area contributed by atoms with Crippen molar-refractivity contribution < 1.29 is 0 Å². The molecule has 1 aromatic heterocycles. The van der Waals surface area contributed by atoms with Crippen molar-refractivity contribution in [2.45, 2.75) is 51.7 Å². The molecule has 1 atom stereocenters. The largest absolute Gasteiger partial charge is 0.309 e. The number of nitrogens with one attached hydrogen (secondary N) is 1. The molecule has 20 heavy (non-hydrogen) atoms. The van der Waals surface area contributed by atoms with Gasteiger partial charge < -0.3 is 5.32 Å². The van der Waals surface area contributed by atoms with Crippen LogP contribution in [0.3, 0.4) is 0 Å². The van der Waals surface area contributed by atoms with Crippen molar-refractivity contribution >= 4 is 15.9 Å². The molecule has 2 aliphatic rings. The average Bonchev–Trinajstić information content (AvgIpc) is 3.14. The predicted molar refractivity (Wildman–Crippen MR) is 84.6 cm³/mol. The molecule has 2 heterocycles. The number of halogens is 1. The number of aromatic nitrogens is 2. The highest BCUT2D eigenvalue weighted by Crippen LogP contribution is 2.38. The van der Waals surface area contributed by atoms with Crippen LogP contribution < -0.4 is 5.32 Å². The van der Waals surface area contributed by atoms with Gasteiger partial charge in [0.1, 0.15) is 0 Å². The van der Waals surface area contributed by atoms with Crippen molar-refractivity contribution in [1.29, 1.82) is 0 Å². The summed E-state index contributed by atoms with van der Waals surface area (Å²) >= 11 is 3.70. The van der Waals surface area contributed by atoms with E-state index < -0.39 is 0 Å². The lowest BCUT2D eigenvalue weighted by atomic mass is 9.96. The van der Waals surface area contributed by atoms with Crippen molar-refractivity contribution in [3.63, 3.8) is 0 Å². The summed E-state index contributed by atoms with van der Waals surface area (Å²) in [6.07, 6.45) is 2.80. The van der Waals surface area contributed by atoms with Crippen molar-refractivity contribution in [1.82, 2.24) is 20.0 Å². The molecule has 4 nitrogen and oxygen atoms in total. The summed E-state index contributed by atoms with van der Waals surface area (Å²) in [4.78, 5) is 2.66. The molecular formula is C15H25BrN4. The highest BCUT2D eigenvalue weighted by molar-refractivity contribution is 9.10. The van der Waals surface area contributed by atoms with Gasteiger partial charge in [-0.15, -0.1) is 0 Å². The molecule has 1 aliphatic heterocycles. The zero-order valence-electron chi connectivity index (χ0n) is 12.9. The van der Waals surface area contributed by atoms with Crippen LogP contribution in [0, 0.1) is 12.8 Å². The summed E-state index contributed by atoms with van der Waals surface area (Å²) < 4.78 is 3.20. The highest BCUT2D eigenvalue weighted by Gasteiger charge is 2.41. The second kappa shape index (κ2) is 5.11. The highest BCUT2D eigenvalue weighted by atomic mass is 79.9. The minimum Gasteiger partial charge on any atom is -0.309 e. The normalized spacial score (nSPS) is 26.9. The third kappa shape index (κ3) is 2.81. The molecule has 3 rings (SSSR count). The quantitative estimate of drug-likeness (QED) is 0.917. The van der Waals surface area contributed by atoms with E-state index in [9.17, 15) is 0 Å². The van der Waals surface area contributed by atoms with E-state index in [1.807, 2.05) is 11.7 Å².